The van der Waals surface area contributed by atoms with Crippen molar-refractivity contribution in [2.24, 2.45) is 0 Å². The molecule has 0 aliphatic carbocycles. The van der Waals surface area contributed by atoms with E-state index in [9.17, 15) is 4.79 Å². The molecule has 2 rings (SSSR count). The number of carbonyl (C=O) groups excluding carboxylic acids is 1. The summed E-state index contributed by atoms with van der Waals surface area (Å²) in [5.41, 5.74) is 1.79. The standard InChI is InChI=1S/C16H18Br2N2O/c1-11(2)20-10-13(17)8-15(20)16(21)19(3)9-12-6-4-5-7-14(12)18/h4-8,10-11H,9H2,1-3H3. The summed E-state index contributed by atoms with van der Waals surface area (Å²) < 4.78 is 3.93. The van der Waals surface area contributed by atoms with Gasteiger partial charge in [0.2, 0.25) is 0 Å². The van der Waals surface area contributed by atoms with E-state index >= 15 is 0 Å². The molecule has 0 radical (unpaired) electrons. The Balaban J connectivity index is 2.22. The molecular formula is C16H18Br2N2O. The largest absolute Gasteiger partial charge is 0.340 e. The molecule has 5 heteroatoms. The predicted octanol–water partition coefficient (Wildman–Crippen LogP) is 4.87. The Labute approximate surface area is 142 Å². The quantitative estimate of drug-likeness (QED) is 0.702. The fourth-order valence-electron chi connectivity index (χ4n) is 2.19. The van der Waals surface area contributed by atoms with Crippen molar-refractivity contribution in [3.8, 4) is 0 Å². The molecule has 1 aromatic carbocycles. The van der Waals surface area contributed by atoms with E-state index < -0.39 is 0 Å². The van der Waals surface area contributed by atoms with Crippen LogP contribution in [0.2, 0.25) is 0 Å². The van der Waals surface area contributed by atoms with Crippen molar-refractivity contribution in [2.75, 3.05) is 7.05 Å². The van der Waals surface area contributed by atoms with Crippen LogP contribution in [0.4, 0.5) is 0 Å². The van der Waals surface area contributed by atoms with Gasteiger partial charge in [-0.1, -0.05) is 34.1 Å². The maximum atomic E-state index is 12.7. The first-order chi connectivity index (χ1) is 9.90. The van der Waals surface area contributed by atoms with Crippen LogP contribution in [0.1, 0.15) is 35.9 Å². The van der Waals surface area contributed by atoms with E-state index in [-0.39, 0.29) is 11.9 Å². The van der Waals surface area contributed by atoms with Crippen LogP contribution in [0.15, 0.2) is 45.5 Å². The number of carbonyl (C=O) groups is 1. The number of hydrogen-bond acceptors (Lipinski definition) is 1. The van der Waals surface area contributed by atoms with E-state index in [0.717, 1.165) is 14.5 Å². The number of aromatic nitrogens is 1. The lowest BCUT2D eigenvalue weighted by Crippen LogP contribution is -2.28. The van der Waals surface area contributed by atoms with Crippen LogP contribution in [0.5, 0.6) is 0 Å². The molecule has 0 aliphatic rings. The van der Waals surface area contributed by atoms with Crippen LogP contribution in [0.3, 0.4) is 0 Å². The van der Waals surface area contributed by atoms with Crippen molar-refractivity contribution in [3.05, 3.63) is 56.7 Å². The third-order valence-corrected chi connectivity index (χ3v) is 4.51. The summed E-state index contributed by atoms with van der Waals surface area (Å²) in [6, 6.07) is 10.1. The predicted molar refractivity (Wildman–Crippen MR) is 92.5 cm³/mol. The Morgan fingerprint density at radius 2 is 1.95 bits per heavy atom. The number of halogens is 2. The Kier molecular flexibility index (Phi) is 5.27. The highest BCUT2D eigenvalue weighted by molar-refractivity contribution is 9.10. The molecule has 0 N–H and O–H groups in total. The zero-order valence-corrected chi connectivity index (χ0v) is 15.5. The minimum Gasteiger partial charge on any atom is -0.340 e. The first kappa shape index (κ1) is 16.3. The van der Waals surface area contributed by atoms with E-state index in [0.29, 0.717) is 12.2 Å². The summed E-state index contributed by atoms with van der Waals surface area (Å²) in [4.78, 5) is 14.4. The van der Waals surface area contributed by atoms with Gasteiger partial charge in [-0.3, -0.25) is 4.79 Å². The normalized spacial score (nSPS) is 11.0. The van der Waals surface area contributed by atoms with E-state index in [4.69, 9.17) is 0 Å². The Morgan fingerprint density at radius 1 is 1.29 bits per heavy atom. The van der Waals surface area contributed by atoms with Crippen LogP contribution >= 0.6 is 31.9 Å². The van der Waals surface area contributed by atoms with Crippen molar-refractivity contribution in [1.82, 2.24) is 9.47 Å². The van der Waals surface area contributed by atoms with Gasteiger partial charge < -0.3 is 9.47 Å². The lowest BCUT2D eigenvalue weighted by molar-refractivity contribution is 0.0772. The molecule has 1 amide bonds. The van der Waals surface area contributed by atoms with E-state index in [1.54, 1.807) is 4.90 Å². The second-order valence-corrected chi connectivity index (χ2v) is 7.07. The van der Waals surface area contributed by atoms with Gasteiger partial charge >= 0.3 is 0 Å². The number of rotatable bonds is 4. The molecule has 3 nitrogen and oxygen atoms in total. The van der Waals surface area contributed by atoms with Crippen LogP contribution in [0.25, 0.3) is 0 Å². The molecule has 0 aliphatic heterocycles. The van der Waals surface area contributed by atoms with E-state index in [2.05, 4.69) is 45.7 Å². The Bertz CT molecular complexity index is 649. The molecule has 0 unspecified atom stereocenters. The fourth-order valence-corrected chi connectivity index (χ4v) is 3.04. The van der Waals surface area contributed by atoms with Crippen molar-refractivity contribution in [1.29, 1.82) is 0 Å². The Hall–Kier alpha value is -1.07. The average molecular weight is 414 g/mol. The number of amides is 1. The van der Waals surface area contributed by atoms with Crippen LogP contribution in [0, 0.1) is 0 Å². The third kappa shape index (κ3) is 3.77. The van der Waals surface area contributed by atoms with Crippen LogP contribution in [-0.2, 0) is 6.54 Å². The minimum absolute atomic E-state index is 0.0187. The van der Waals surface area contributed by atoms with Gasteiger partial charge in [-0.05, 0) is 47.5 Å². The summed E-state index contributed by atoms with van der Waals surface area (Å²) in [6.07, 6.45) is 1.95. The van der Waals surface area contributed by atoms with Crippen molar-refractivity contribution >= 4 is 37.8 Å². The molecule has 0 saturated carbocycles. The molecule has 0 spiro atoms. The third-order valence-electron chi connectivity index (χ3n) is 3.30. The molecule has 21 heavy (non-hydrogen) atoms. The molecule has 1 heterocycles. The lowest BCUT2D eigenvalue weighted by Gasteiger charge is -2.20. The van der Waals surface area contributed by atoms with E-state index in [1.807, 2.05) is 48.1 Å². The second kappa shape index (κ2) is 6.79. The molecule has 0 saturated heterocycles. The second-order valence-electron chi connectivity index (χ2n) is 5.30. The molecular weight excluding hydrogens is 396 g/mol. The fraction of sp³-hybridized carbons (Fsp3) is 0.312. The first-order valence-electron chi connectivity index (χ1n) is 6.76. The van der Waals surface area contributed by atoms with Crippen molar-refractivity contribution in [2.45, 2.75) is 26.4 Å². The van der Waals surface area contributed by atoms with Crippen molar-refractivity contribution < 1.29 is 4.79 Å². The van der Waals surface area contributed by atoms with Crippen LogP contribution < -0.4 is 0 Å². The molecule has 2 aromatic rings. The molecule has 0 bridgehead atoms. The smallest absolute Gasteiger partial charge is 0.270 e. The molecule has 0 fully saturated rings. The van der Waals surface area contributed by atoms with Crippen molar-refractivity contribution in [3.63, 3.8) is 0 Å². The highest BCUT2D eigenvalue weighted by Crippen LogP contribution is 2.22. The van der Waals surface area contributed by atoms with Gasteiger partial charge in [0.25, 0.3) is 5.91 Å². The summed E-state index contributed by atoms with van der Waals surface area (Å²) >= 11 is 6.97. The maximum absolute atomic E-state index is 12.7. The van der Waals surface area contributed by atoms with Gasteiger partial charge in [-0.2, -0.15) is 0 Å². The minimum atomic E-state index is 0.0187. The average Bonchev–Trinajstić information content (AvgIpc) is 2.82. The van der Waals surface area contributed by atoms with Gasteiger partial charge in [-0.15, -0.1) is 0 Å². The van der Waals surface area contributed by atoms with Gasteiger partial charge in [-0.25, -0.2) is 0 Å². The zero-order chi connectivity index (χ0) is 15.6. The van der Waals surface area contributed by atoms with Gasteiger partial charge in [0.1, 0.15) is 5.69 Å². The maximum Gasteiger partial charge on any atom is 0.270 e. The van der Waals surface area contributed by atoms with Gasteiger partial charge in [0, 0.05) is 34.8 Å². The molecule has 1 aromatic heterocycles. The summed E-state index contributed by atoms with van der Waals surface area (Å²) in [7, 11) is 1.83. The SMILES string of the molecule is CC(C)n1cc(Br)cc1C(=O)N(C)Cc1ccccc1Br. The molecule has 0 atom stereocenters. The summed E-state index contributed by atoms with van der Waals surface area (Å²) in [6.45, 7) is 4.70. The highest BCUT2D eigenvalue weighted by Gasteiger charge is 2.19. The van der Waals surface area contributed by atoms with Crippen LogP contribution in [-0.4, -0.2) is 22.4 Å². The Morgan fingerprint density at radius 3 is 2.57 bits per heavy atom. The number of hydrogen-bond donors (Lipinski definition) is 0. The zero-order valence-electron chi connectivity index (χ0n) is 12.3. The van der Waals surface area contributed by atoms with Gasteiger partial charge in [0.05, 0.1) is 0 Å². The summed E-state index contributed by atoms with van der Waals surface area (Å²) in [5, 5.41) is 0. The van der Waals surface area contributed by atoms with E-state index in [1.165, 1.54) is 0 Å². The number of nitrogens with zero attached hydrogens (tertiary/aromatic N) is 2. The topological polar surface area (TPSA) is 25.2 Å². The monoisotopic (exact) mass is 412 g/mol. The lowest BCUT2D eigenvalue weighted by atomic mass is 10.2. The highest BCUT2D eigenvalue weighted by atomic mass is 79.9. The molecule has 112 valence electrons. The number of benzene rings is 1. The summed E-state index contributed by atoms with van der Waals surface area (Å²) in [5.74, 6) is 0.0187. The van der Waals surface area contributed by atoms with Gasteiger partial charge in [0.15, 0.2) is 0 Å². The first-order valence-corrected chi connectivity index (χ1v) is 8.35.